The average Bonchev–Trinajstić information content (AvgIpc) is 2.96. The molecule has 5 heteroatoms. The number of nitrogens with zero attached hydrogens (tertiary/aromatic N) is 3. The van der Waals surface area contributed by atoms with E-state index in [9.17, 15) is 0 Å². The van der Waals surface area contributed by atoms with Crippen LogP contribution in [0.4, 0.5) is 17.5 Å². The Labute approximate surface area is 139 Å². The summed E-state index contributed by atoms with van der Waals surface area (Å²) in [6.07, 6.45) is 2.05. The molecule has 4 rings (SSSR count). The van der Waals surface area contributed by atoms with Gasteiger partial charge >= 0.3 is 0 Å². The van der Waals surface area contributed by atoms with Crippen molar-refractivity contribution < 1.29 is 0 Å². The van der Waals surface area contributed by atoms with Crippen LogP contribution in [0.2, 0.25) is 0 Å². The third kappa shape index (κ3) is 2.67. The van der Waals surface area contributed by atoms with E-state index in [2.05, 4.69) is 44.1 Å². The van der Waals surface area contributed by atoms with Crippen molar-refractivity contribution in [1.29, 1.82) is 0 Å². The summed E-state index contributed by atoms with van der Waals surface area (Å²) in [6.45, 7) is 0. The molecule has 0 spiro atoms. The fourth-order valence-electron chi connectivity index (χ4n) is 2.79. The van der Waals surface area contributed by atoms with Gasteiger partial charge in [-0.25, -0.2) is 4.98 Å². The van der Waals surface area contributed by atoms with Gasteiger partial charge in [0.2, 0.25) is 5.95 Å². The lowest BCUT2D eigenvalue weighted by Crippen LogP contribution is -2.01. The van der Waals surface area contributed by atoms with Crippen LogP contribution < -0.4 is 11.1 Å². The van der Waals surface area contributed by atoms with Gasteiger partial charge in [-0.2, -0.15) is 4.98 Å². The molecule has 3 N–H and O–H groups in total. The molecule has 0 bridgehead atoms. The van der Waals surface area contributed by atoms with Crippen LogP contribution in [0.15, 0.2) is 66.9 Å². The summed E-state index contributed by atoms with van der Waals surface area (Å²) in [7, 11) is 2.03. The second kappa shape index (κ2) is 5.70. The Morgan fingerprint density at radius 2 is 1.79 bits per heavy atom. The Kier molecular flexibility index (Phi) is 3.39. The van der Waals surface area contributed by atoms with Gasteiger partial charge < -0.3 is 15.6 Å². The quantitative estimate of drug-likeness (QED) is 0.600. The zero-order valence-corrected chi connectivity index (χ0v) is 13.3. The Bertz CT molecular complexity index is 1000. The van der Waals surface area contributed by atoms with E-state index in [-0.39, 0.29) is 5.95 Å². The van der Waals surface area contributed by atoms with Crippen molar-refractivity contribution in [3.8, 4) is 11.3 Å². The van der Waals surface area contributed by atoms with Gasteiger partial charge in [0.05, 0.1) is 5.69 Å². The number of anilines is 3. The molecule has 0 radical (unpaired) electrons. The number of aromatic nitrogens is 3. The first-order valence-corrected chi connectivity index (χ1v) is 7.71. The minimum absolute atomic E-state index is 0.249. The predicted molar refractivity (Wildman–Crippen MR) is 98.1 cm³/mol. The lowest BCUT2D eigenvalue weighted by molar-refractivity contribution is 0.969. The van der Waals surface area contributed by atoms with Crippen LogP contribution in [0.3, 0.4) is 0 Å². The van der Waals surface area contributed by atoms with E-state index in [0.717, 1.165) is 16.9 Å². The molecule has 5 nitrogen and oxygen atoms in total. The van der Waals surface area contributed by atoms with Crippen LogP contribution in [0.1, 0.15) is 0 Å². The van der Waals surface area contributed by atoms with E-state index < -0.39 is 0 Å². The van der Waals surface area contributed by atoms with Gasteiger partial charge in [0.15, 0.2) is 0 Å². The van der Waals surface area contributed by atoms with Crippen molar-refractivity contribution in [3.63, 3.8) is 0 Å². The largest absolute Gasteiger partial charge is 0.368 e. The maximum atomic E-state index is 5.90. The maximum absolute atomic E-state index is 5.90. The summed E-state index contributed by atoms with van der Waals surface area (Å²) in [5.41, 5.74) is 9.85. The van der Waals surface area contributed by atoms with Crippen molar-refractivity contribution in [2.45, 2.75) is 0 Å². The minimum atomic E-state index is 0.249. The van der Waals surface area contributed by atoms with Crippen molar-refractivity contribution in [3.05, 3.63) is 66.9 Å². The number of nitrogen functional groups attached to an aromatic ring is 1. The highest BCUT2D eigenvalue weighted by Crippen LogP contribution is 2.26. The second-order valence-electron chi connectivity index (χ2n) is 5.69. The fraction of sp³-hybridized carbons (Fsp3) is 0.0526. The number of fused-ring (bicyclic) bond motifs is 1. The molecule has 2 heterocycles. The van der Waals surface area contributed by atoms with Crippen molar-refractivity contribution >= 4 is 28.4 Å². The molecule has 118 valence electrons. The van der Waals surface area contributed by atoms with E-state index in [1.807, 2.05) is 49.6 Å². The first kappa shape index (κ1) is 14.3. The number of rotatable bonds is 3. The molecule has 2 aromatic carbocycles. The highest BCUT2D eigenvalue weighted by Gasteiger charge is 2.07. The Morgan fingerprint density at radius 3 is 2.62 bits per heavy atom. The van der Waals surface area contributed by atoms with Gasteiger partial charge in [-0.05, 0) is 30.3 Å². The summed E-state index contributed by atoms with van der Waals surface area (Å²) in [6, 6.07) is 20.1. The first-order chi connectivity index (χ1) is 11.7. The predicted octanol–water partition coefficient (Wildman–Crippen LogP) is 3.96. The van der Waals surface area contributed by atoms with Gasteiger partial charge in [0.1, 0.15) is 5.82 Å². The minimum Gasteiger partial charge on any atom is -0.368 e. The first-order valence-electron chi connectivity index (χ1n) is 7.71. The lowest BCUT2D eigenvalue weighted by atomic mass is 10.1. The number of para-hydroxylation sites is 1. The van der Waals surface area contributed by atoms with Crippen molar-refractivity contribution in [2.24, 2.45) is 7.05 Å². The smallest absolute Gasteiger partial charge is 0.222 e. The molecular formula is C19H17N5. The molecule has 0 aliphatic carbocycles. The number of nitrogens with one attached hydrogen (secondary N) is 1. The van der Waals surface area contributed by atoms with E-state index in [1.54, 1.807) is 0 Å². The van der Waals surface area contributed by atoms with E-state index in [0.29, 0.717) is 5.82 Å². The van der Waals surface area contributed by atoms with Gasteiger partial charge in [-0.15, -0.1) is 0 Å². The van der Waals surface area contributed by atoms with Crippen LogP contribution >= 0.6 is 0 Å². The summed E-state index contributed by atoms with van der Waals surface area (Å²) in [4.78, 5) is 8.65. The van der Waals surface area contributed by atoms with Crippen LogP contribution in [0.5, 0.6) is 0 Å². The molecule has 0 atom stereocenters. The Balaban J connectivity index is 1.74. The zero-order valence-electron chi connectivity index (χ0n) is 13.3. The van der Waals surface area contributed by atoms with E-state index in [1.165, 1.54) is 10.9 Å². The standard InChI is InChI=1S/C19H17N5/c1-24-10-9-14-11-13(7-8-17(14)24)16-12-18(23-19(20)22-16)21-15-5-3-2-4-6-15/h2-12H,1H3,(H3,20,21,22,23). The number of aryl methyl sites for hydroxylation is 1. The summed E-state index contributed by atoms with van der Waals surface area (Å²) in [5, 5.41) is 4.43. The third-order valence-corrected chi connectivity index (χ3v) is 3.97. The summed E-state index contributed by atoms with van der Waals surface area (Å²) < 4.78 is 2.09. The molecule has 0 unspecified atom stereocenters. The van der Waals surface area contributed by atoms with Crippen LogP contribution in [0.25, 0.3) is 22.2 Å². The second-order valence-corrected chi connectivity index (χ2v) is 5.69. The molecule has 24 heavy (non-hydrogen) atoms. The molecule has 0 saturated carbocycles. The summed E-state index contributed by atoms with van der Waals surface area (Å²) in [5.74, 6) is 0.927. The normalized spacial score (nSPS) is 10.9. The zero-order chi connectivity index (χ0) is 16.5. The number of hydrogen-bond acceptors (Lipinski definition) is 4. The van der Waals surface area contributed by atoms with Crippen LogP contribution in [-0.4, -0.2) is 14.5 Å². The van der Waals surface area contributed by atoms with Gasteiger partial charge in [0, 0.05) is 41.5 Å². The highest BCUT2D eigenvalue weighted by atomic mass is 15.1. The van der Waals surface area contributed by atoms with E-state index in [4.69, 9.17) is 5.73 Å². The van der Waals surface area contributed by atoms with Crippen LogP contribution in [0, 0.1) is 0 Å². The molecule has 0 amide bonds. The third-order valence-electron chi connectivity index (χ3n) is 3.97. The fourth-order valence-corrected chi connectivity index (χ4v) is 2.79. The van der Waals surface area contributed by atoms with Gasteiger partial charge in [-0.3, -0.25) is 0 Å². The van der Waals surface area contributed by atoms with Crippen molar-refractivity contribution in [2.75, 3.05) is 11.1 Å². The SMILES string of the molecule is Cn1ccc2cc(-c3cc(Nc4ccccc4)nc(N)n3)ccc21. The van der Waals surface area contributed by atoms with E-state index >= 15 is 0 Å². The van der Waals surface area contributed by atoms with Gasteiger partial charge in [-0.1, -0.05) is 24.3 Å². The Hall–Kier alpha value is -3.34. The lowest BCUT2D eigenvalue weighted by Gasteiger charge is -2.09. The molecule has 0 saturated heterocycles. The highest BCUT2D eigenvalue weighted by molar-refractivity contribution is 5.85. The topological polar surface area (TPSA) is 68.8 Å². The number of nitrogens with two attached hydrogens (primary N) is 1. The monoisotopic (exact) mass is 315 g/mol. The molecule has 2 aromatic heterocycles. The summed E-state index contributed by atoms with van der Waals surface area (Å²) >= 11 is 0. The average molecular weight is 315 g/mol. The Morgan fingerprint density at radius 1 is 0.958 bits per heavy atom. The van der Waals surface area contributed by atoms with Gasteiger partial charge in [0.25, 0.3) is 0 Å². The molecule has 4 aromatic rings. The molecule has 0 fully saturated rings. The molecular weight excluding hydrogens is 298 g/mol. The van der Waals surface area contributed by atoms with Crippen LogP contribution in [-0.2, 0) is 7.05 Å². The number of benzene rings is 2. The number of hydrogen-bond donors (Lipinski definition) is 2. The molecule has 0 aliphatic rings. The van der Waals surface area contributed by atoms with Crippen molar-refractivity contribution in [1.82, 2.24) is 14.5 Å². The maximum Gasteiger partial charge on any atom is 0.222 e. The molecule has 0 aliphatic heterocycles.